The highest BCUT2D eigenvalue weighted by molar-refractivity contribution is 8.04. The number of carbonyl (C=O) groups excluding carboxylic acids is 2. The molecule has 138 valence electrons. The van der Waals surface area contributed by atoms with Gasteiger partial charge >= 0.3 is 0 Å². The molecule has 0 saturated carbocycles. The molecule has 0 atom stereocenters. The third-order valence-corrected chi connectivity index (χ3v) is 5.77. The maximum atomic E-state index is 13.3. The largest absolute Gasteiger partial charge is 0.272 e. The Bertz CT molecular complexity index is 1070. The Labute approximate surface area is 172 Å². The van der Waals surface area contributed by atoms with Crippen LogP contribution in [0, 0.1) is 6.92 Å². The highest BCUT2D eigenvalue weighted by atomic mass is 35.5. The first-order chi connectivity index (χ1) is 13.5. The van der Waals surface area contributed by atoms with Gasteiger partial charge in [-0.25, -0.2) is 4.90 Å². The number of amides is 2. The van der Waals surface area contributed by atoms with Gasteiger partial charge in [-0.1, -0.05) is 71.4 Å². The molecule has 0 bridgehead atoms. The Morgan fingerprint density at radius 3 is 2.07 bits per heavy atom. The van der Waals surface area contributed by atoms with E-state index in [4.69, 9.17) is 11.6 Å². The average Bonchev–Trinajstić information content (AvgIpc) is 2.95. The van der Waals surface area contributed by atoms with E-state index < -0.39 is 0 Å². The van der Waals surface area contributed by atoms with Gasteiger partial charge in [0.15, 0.2) is 0 Å². The van der Waals surface area contributed by atoms with Gasteiger partial charge in [-0.05, 0) is 48.9 Å². The van der Waals surface area contributed by atoms with E-state index in [1.165, 1.54) is 16.7 Å². The van der Waals surface area contributed by atoms with Gasteiger partial charge in [0.25, 0.3) is 11.8 Å². The number of hydrogen-bond acceptors (Lipinski definition) is 3. The van der Waals surface area contributed by atoms with Crippen LogP contribution >= 0.6 is 23.4 Å². The number of nitrogens with zero attached hydrogens (tertiary/aromatic N) is 1. The van der Waals surface area contributed by atoms with E-state index in [2.05, 4.69) is 0 Å². The summed E-state index contributed by atoms with van der Waals surface area (Å²) in [7, 11) is 0. The first-order valence-electron chi connectivity index (χ1n) is 8.73. The molecule has 0 unspecified atom stereocenters. The summed E-state index contributed by atoms with van der Waals surface area (Å²) >= 11 is 7.26. The molecule has 1 aliphatic rings. The normalized spacial score (nSPS) is 14.1. The van der Waals surface area contributed by atoms with Crippen molar-refractivity contribution in [2.45, 2.75) is 11.8 Å². The van der Waals surface area contributed by atoms with Crippen molar-refractivity contribution in [1.29, 1.82) is 0 Å². The van der Waals surface area contributed by atoms with Crippen molar-refractivity contribution in [2.24, 2.45) is 0 Å². The van der Waals surface area contributed by atoms with E-state index in [0.717, 1.165) is 16.0 Å². The van der Waals surface area contributed by atoms with E-state index in [1.807, 2.05) is 61.5 Å². The Hall–Kier alpha value is -2.82. The van der Waals surface area contributed by atoms with Crippen LogP contribution in [0.5, 0.6) is 0 Å². The second kappa shape index (κ2) is 7.66. The monoisotopic (exact) mass is 405 g/mol. The van der Waals surface area contributed by atoms with Crippen molar-refractivity contribution < 1.29 is 9.59 Å². The van der Waals surface area contributed by atoms with Gasteiger partial charge in [0.05, 0.1) is 16.2 Å². The number of halogens is 1. The first-order valence-corrected chi connectivity index (χ1v) is 9.92. The lowest BCUT2D eigenvalue weighted by Gasteiger charge is -2.15. The smallest absolute Gasteiger partial charge is 0.268 e. The van der Waals surface area contributed by atoms with E-state index in [0.29, 0.717) is 21.2 Å². The molecule has 3 nitrogen and oxygen atoms in total. The number of carbonyl (C=O) groups is 2. The minimum atomic E-state index is -0.313. The van der Waals surface area contributed by atoms with Gasteiger partial charge in [0, 0.05) is 9.92 Å². The van der Waals surface area contributed by atoms with Gasteiger partial charge in [-0.15, -0.1) is 0 Å². The zero-order chi connectivity index (χ0) is 19.7. The predicted octanol–water partition coefficient (Wildman–Crippen LogP) is 5.73. The summed E-state index contributed by atoms with van der Waals surface area (Å²) in [6, 6.07) is 23.9. The lowest BCUT2D eigenvalue weighted by molar-refractivity contribution is -0.119. The molecule has 28 heavy (non-hydrogen) atoms. The molecule has 5 heteroatoms. The van der Waals surface area contributed by atoms with Crippen molar-refractivity contribution in [1.82, 2.24) is 0 Å². The molecular weight excluding hydrogens is 390 g/mol. The van der Waals surface area contributed by atoms with Crippen LogP contribution in [0.3, 0.4) is 0 Å². The molecule has 0 N–H and O–H groups in total. The molecule has 3 aromatic carbocycles. The number of benzene rings is 3. The number of hydrogen-bond donors (Lipinski definition) is 0. The minimum absolute atomic E-state index is 0.309. The fraction of sp³-hybridized carbons (Fsp3) is 0.0435. The van der Waals surface area contributed by atoms with E-state index >= 15 is 0 Å². The number of aryl methyl sites for hydroxylation is 1. The second-order valence-electron chi connectivity index (χ2n) is 6.41. The Kier molecular flexibility index (Phi) is 5.07. The average molecular weight is 406 g/mol. The molecule has 0 aliphatic carbocycles. The quantitative estimate of drug-likeness (QED) is 0.520. The molecule has 0 saturated heterocycles. The maximum Gasteiger partial charge on any atom is 0.272 e. The molecule has 1 aliphatic heterocycles. The molecule has 0 radical (unpaired) electrons. The SMILES string of the molecule is Cc1ccc(C2=C(Sc3ccc(Cl)cc3)C(=O)N(c3ccccc3)C2=O)cc1. The van der Waals surface area contributed by atoms with Crippen LogP contribution in [0.2, 0.25) is 5.02 Å². The van der Waals surface area contributed by atoms with Gasteiger partial charge < -0.3 is 0 Å². The van der Waals surface area contributed by atoms with Gasteiger partial charge in [0.1, 0.15) is 0 Å². The summed E-state index contributed by atoms with van der Waals surface area (Å²) in [6.45, 7) is 1.99. The van der Waals surface area contributed by atoms with Gasteiger partial charge in [-0.2, -0.15) is 0 Å². The summed E-state index contributed by atoms with van der Waals surface area (Å²) in [6.07, 6.45) is 0. The van der Waals surface area contributed by atoms with Crippen molar-refractivity contribution in [3.63, 3.8) is 0 Å². The van der Waals surface area contributed by atoms with Crippen LogP contribution in [-0.4, -0.2) is 11.8 Å². The fourth-order valence-electron chi connectivity index (χ4n) is 3.01. The predicted molar refractivity (Wildman–Crippen MR) is 114 cm³/mol. The molecule has 0 fully saturated rings. The number of imide groups is 1. The second-order valence-corrected chi connectivity index (χ2v) is 7.93. The number of thioether (sulfide) groups is 1. The van der Waals surface area contributed by atoms with Crippen LogP contribution in [0.15, 0.2) is 88.7 Å². The molecular formula is C23H16ClNO2S. The Morgan fingerprint density at radius 2 is 1.43 bits per heavy atom. The molecule has 1 heterocycles. The zero-order valence-electron chi connectivity index (χ0n) is 15.1. The summed E-state index contributed by atoms with van der Waals surface area (Å²) in [5.41, 5.74) is 2.81. The third kappa shape index (κ3) is 3.49. The molecule has 0 aromatic heterocycles. The van der Waals surface area contributed by atoms with Gasteiger partial charge in [-0.3, -0.25) is 9.59 Å². The van der Waals surface area contributed by atoms with Crippen molar-refractivity contribution in [3.8, 4) is 0 Å². The Balaban J connectivity index is 1.81. The number of rotatable bonds is 4. The van der Waals surface area contributed by atoms with Crippen LogP contribution < -0.4 is 4.90 Å². The topological polar surface area (TPSA) is 37.4 Å². The summed E-state index contributed by atoms with van der Waals surface area (Å²) < 4.78 is 0. The van der Waals surface area contributed by atoms with Crippen LogP contribution in [0.4, 0.5) is 5.69 Å². The molecule has 3 aromatic rings. The number of para-hydroxylation sites is 1. The molecule has 0 spiro atoms. The summed E-state index contributed by atoms with van der Waals surface area (Å²) in [4.78, 5) is 29.0. The van der Waals surface area contributed by atoms with Crippen LogP contribution in [-0.2, 0) is 9.59 Å². The summed E-state index contributed by atoms with van der Waals surface area (Å²) in [5.74, 6) is -0.622. The summed E-state index contributed by atoms with van der Waals surface area (Å²) in [5, 5.41) is 0.622. The first kappa shape index (κ1) is 18.5. The molecule has 4 rings (SSSR count). The van der Waals surface area contributed by atoms with E-state index in [-0.39, 0.29) is 11.8 Å². The fourth-order valence-corrected chi connectivity index (χ4v) is 4.13. The van der Waals surface area contributed by atoms with Crippen molar-refractivity contribution in [3.05, 3.63) is 99.9 Å². The van der Waals surface area contributed by atoms with Crippen molar-refractivity contribution >= 4 is 46.4 Å². The highest BCUT2D eigenvalue weighted by Gasteiger charge is 2.40. The van der Waals surface area contributed by atoms with E-state index in [9.17, 15) is 9.59 Å². The lowest BCUT2D eigenvalue weighted by Crippen LogP contribution is -2.31. The number of anilines is 1. The van der Waals surface area contributed by atoms with Gasteiger partial charge in [0.2, 0.25) is 0 Å². The van der Waals surface area contributed by atoms with E-state index in [1.54, 1.807) is 24.3 Å². The third-order valence-electron chi connectivity index (χ3n) is 4.43. The zero-order valence-corrected chi connectivity index (χ0v) is 16.6. The Morgan fingerprint density at radius 1 is 0.786 bits per heavy atom. The van der Waals surface area contributed by atoms with Crippen LogP contribution in [0.25, 0.3) is 5.57 Å². The standard InChI is InChI=1S/C23H16ClNO2S/c1-15-7-9-16(10-8-15)20-21(28-19-13-11-17(24)12-14-19)23(27)25(22(20)26)18-5-3-2-4-6-18/h2-14H,1H3. The lowest BCUT2D eigenvalue weighted by atomic mass is 10.0. The molecule has 2 amide bonds. The highest BCUT2D eigenvalue weighted by Crippen LogP contribution is 2.41. The minimum Gasteiger partial charge on any atom is -0.268 e. The van der Waals surface area contributed by atoms with Crippen molar-refractivity contribution in [2.75, 3.05) is 4.90 Å². The van der Waals surface area contributed by atoms with Crippen LogP contribution in [0.1, 0.15) is 11.1 Å². The maximum absolute atomic E-state index is 13.3.